The average Bonchev–Trinajstić information content (AvgIpc) is 1.98. The molecule has 0 bridgehead atoms. The number of hydrogen-bond donors (Lipinski definition) is 1. The van der Waals surface area contributed by atoms with E-state index in [-0.39, 0.29) is 16.0 Å². The molecule has 0 radical (unpaired) electrons. The topological polar surface area (TPSA) is 46.2 Å². The highest BCUT2D eigenvalue weighted by molar-refractivity contribution is 9.09. The second kappa shape index (κ2) is 6.21. The summed E-state index contributed by atoms with van der Waals surface area (Å²) >= 11 is 3.49. The minimum absolute atomic E-state index is 0.198. The molecular formula is C10H22BrNO2S. The first-order chi connectivity index (χ1) is 6.66. The highest BCUT2D eigenvalue weighted by atomic mass is 79.9. The third kappa shape index (κ3) is 9.33. The second-order valence-corrected chi connectivity index (χ2v) is 8.25. The van der Waals surface area contributed by atoms with Crippen molar-refractivity contribution in [2.45, 2.75) is 45.4 Å². The molecule has 15 heavy (non-hydrogen) atoms. The van der Waals surface area contributed by atoms with Crippen LogP contribution >= 0.6 is 15.9 Å². The summed E-state index contributed by atoms with van der Waals surface area (Å²) in [6.45, 7) is 8.75. The Kier molecular flexibility index (Phi) is 6.37. The van der Waals surface area contributed by atoms with Gasteiger partial charge in [-0.15, -0.1) is 0 Å². The van der Waals surface area contributed by atoms with Crippen LogP contribution in [0.25, 0.3) is 0 Å². The van der Waals surface area contributed by atoms with Gasteiger partial charge in [-0.3, -0.25) is 0 Å². The molecule has 0 aromatic rings. The molecule has 0 aromatic carbocycles. The summed E-state index contributed by atoms with van der Waals surface area (Å²) in [5, 5.41) is 0. The van der Waals surface area contributed by atoms with Gasteiger partial charge in [-0.2, -0.15) is 0 Å². The fraction of sp³-hybridized carbons (Fsp3) is 1.00. The third-order valence-corrected chi connectivity index (χ3v) is 4.03. The van der Waals surface area contributed by atoms with Crippen molar-refractivity contribution in [3.8, 4) is 0 Å². The number of hydrogen-bond acceptors (Lipinski definition) is 2. The normalized spacial score (nSPS) is 15.3. The summed E-state index contributed by atoms with van der Waals surface area (Å²) in [5.74, 6) is 0.211. The molecule has 0 aliphatic heterocycles. The maximum Gasteiger partial charge on any atom is 0.211 e. The molecule has 1 atom stereocenters. The molecule has 1 N–H and O–H groups in total. The molecule has 1 unspecified atom stereocenters. The molecule has 0 aromatic heterocycles. The summed E-state index contributed by atoms with van der Waals surface area (Å²) in [7, 11) is -3.06. The number of nitrogens with one attached hydrogen (secondary N) is 1. The first-order valence-electron chi connectivity index (χ1n) is 5.28. The summed E-state index contributed by atoms with van der Waals surface area (Å²) in [6.07, 6.45) is 1.60. The SMILES string of the molecule is CCCS(=O)(=O)NCC(Br)CC(C)(C)C. The van der Waals surface area contributed by atoms with Gasteiger partial charge in [0.25, 0.3) is 0 Å². The van der Waals surface area contributed by atoms with E-state index in [1.54, 1.807) is 0 Å². The molecule has 0 spiro atoms. The van der Waals surface area contributed by atoms with Gasteiger partial charge < -0.3 is 0 Å². The molecule has 0 rings (SSSR count). The predicted octanol–water partition coefficient (Wildman–Crippen LogP) is 2.52. The largest absolute Gasteiger partial charge is 0.214 e. The van der Waals surface area contributed by atoms with E-state index >= 15 is 0 Å². The van der Waals surface area contributed by atoms with Gasteiger partial charge in [0.15, 0.2) is 0 Å². The van der Waals surface area contributed by atoms with Crippen LogP contribution in [0.3, 0.4) is 0 Å². The van der Waals surface area contributed by atoms with E-state index in [0.717, 1.165) is 6.42 Å². The van der Waals surface area contributed by atoms with Gasteiger partial charge >= 0.3 is 0 Å². The Labute approximate surface area is 102 Å². The third-order valence-electron chi connectivity index (χ3n) is 1.83. The zero-order valence-electron chi connectivity index (χ0n) is 10.0. The van der Waals surface area contributed by atoms with Crippen LogP contribution in [0.1, 0.15) is 40.5 Å². The summed E-state index contributed by atoms with van der Waals surface area (Å²) < 4.78 is 25.3. The van der Waals surface area contributed by atoms with Crippen molar-refractivity contribution in [2.75, 3.05) is 12.3 Å². The Morgan fingerprint density at radius 1 is 1.33 bits per heavy atom. The first-order valence-corrected chi connectivity index (χ1v) is 7.84. The van der Waals surface area contributed by atoms with Crippen LogP contribution in [-0.2, 0) is 10.0 Å². The highest BCUT2D eigenvalue weighted by Crippen LogP contribution is 2.24. The van der Waals surface area contributed by atoms with Gasteiger partial charge in [0.2, 0.25) is 10.0 Å². The average molecular weight is 300 g/mol. The molecule has 0 amide bonds. The van der Waals surface area contributed by atoms with Crippen LogP contribution in [0.2, 0.25) is 0 Å². The standard InChI is InChI=1S/C10H22BrNO2S/c1-5-6-15(13,14)12-8-9(11)7-10(2,3)4/h9,12H,5-8H2,1-4H3. The van der Waals surface area contributed by atoms with Crippen molar-refractivity contribution < 1.29 is 8.42 Å². The van der Waals surface area contributed by atoms with Gasteiger partial charge in [-0.25, -0.2) is 13.1 Å². The van der Waals surface area contributed by atoms with Crippen molar-refractivity contribution >= 4 is 26.0 Å². The number of alkyl halides is 1. The quantitative estimate of drug-likeness (QED) is 0.766. The first kappa shape index (κ1) is 15.4. The second-order valence-electron chi connectivity index (χ2n) is 5.03. The Morgan fingerprint density at radius 2 is 1.87 bits per heavy atom. The number of sulfonamides is 1. The van der Waals surface area contributed by atoms with E-state index in [1.807, 2.05) is 6.92 Å². The lowest BCUT2D eigenvalue weighted by atomic mass is 9.91. The lowest BCUT2D eigenvalue weighted by molar-refractivity contribution is 0.373. The molecule has 3 nitrogen and oxygen atoms in total. The minimum atomic E-state index is -3.06. The van der Waals surface area contributed by atoms with Crippen LogP contribution in [0.4, 0.5) is 0 Å². The zero-order valence-corrected chi connectivity index (χ0v) is 12.4. The lowest BCUT2D eigenvalue weighted by Crippen LogP contribution is -2.32. The van der Waals surface area contributed by atoms with E-state index in [2.05, 4.69) is 41.4 Å². The fourth-order valence-electron chi connectivity index (χ4n) is 1.29. The molecule has 92 valence electrons. The maximum absolute atomic E-state index is 11.4. The van der Waals surface area contributed by atoms with Gasteiger partial charge in [0, 0.05) is 11.4 Å². The van der Waals surface area contributed by atoms with Crippen molar-refractivity contribution in [3.05, 3.63) is 0 Å². The van der Waals surface area contributed by atoms with E-state index in [1.165, 1.54) is 0 Å². The zero-order chi connectivity index (χ0) is 12.1. The van der Waals surface area contributed by atoms with Crippen molar-refractivity contribution in [3.63, 3.8) is 0 Å². The van der Waals surface area contributed by atoms with Crippen LogP contribution in [0, 0.1) is 5.41 Å². The molecule has 0 heterocycles. The lowest BCUT2D eigenvalue weighted by Gasteiger charge is -2.22. The minimum Gasteiger partial charge on any atom is -0.214 e. The molecule has 5 heteroatoms. The van der Waals surface area contributed by atoms with E-state index in [4.69, 9.17) is 0 Å². The summed E-state index contributed by atoms with van der Waals surface area (Å²) in [4.78, 5) is 0.198. The Morgan fingerprint density at radius 3 is 2.27 bits per heavy atom. The smallest absolute Gasteiger partial charge is 0.211 e. The molecular weight excluding hydrogens is 278 g/mol. The Bertz CT molecular complexity index is 270. The fourth-order valence-corrected chi connectivity index (χ4v) is 3.78. The highest BCUT2D eigenvalue weighted by Gasteiger charge is 2.18. The molecule has 0 fully saturated rings. The molecule has 0 aliphatic carbocycles. The van der Waals surface area contributed by atoms with Crippen molar-refractivity contribution in [1.82, 2.24) is 4.72 Å². The van der Waals surface area contributed by atoms with Gasteiger partial charge in [-0.05, 0) is 18.3 Å². The van der Waals surface area contributed by atoms with Crippen molar-refractivity contribution in [1.29, 1.82) is 0 Å². The van der Waals surface area contributed by atoms with Crippen LogP contribution < -0.4 is 4.72 Å². The van der Waals surface area contributed by atoms with Gasteiger partial charge in [0.05, 0.1) is 5.75 Å². The monoisotopic (exact) mass is 299 g/mol. The van der Waals surface area contributed by atoms with Crippen LogP contribution in [0.15, 0.2) is 0 Å². The van der Waals surface area contributed by atoms with Gasteiger partial charge in [0.1, 0.15) is 0 Å². The Balaban J connectivity index is 3.96. The van der Waals surface area contributed by atoms with E-state index < -0.39 is 10.0 Å². The van der Waals surface area contributed by atoms with E-state index in [9.17, 15) is 8.42 Å². The molecule has 0 saturated heterocycles. The number of halogens is 1. The number of rotatable bonds is 6. The van der Waals surface area contributed by atoms with Crippen LogP contribution in [-0.4, -0.2) is 25.5 Å². The van der Waals surface area contributed by atoms with Crippen LogP contribution in [0.5, 0.6) is 0 Å². The summed E-state index contributed by atoms with van der Waals surface area (Å²) in [5.41, 5.74) is 0.213. The Hall–Kier alpha value is 0.390. The maximum atomic E-state index is 11.4. The van der Waals surface area contributed by atoms with E-state index in [0.29, 0.717) is 13.0 Å². The molecule has 0 saturated carbocycles. The molecule has 0 aliphatic rings. The summed E-state index contributed by atoms with van der Waals surface area (Å²) in [6, 6.07) is 0. The van der Waals surface area contributed by atoms with Gasteiger partial charge in [-0.1, -0.05) is 43.6 Å². The predicted molar refractivity (Wildman–Crippen MR) is 68.9 cm³/mol. The van der Waals surface area contributed by atoms with Crippen molar-refractivity contribution in [2.24, 2.45) is 5.41 Å².